The minimum Gasteiger partial charge on any atom is -0.301 e. The minimum absolute atomic E-state index is 0.0622. The molecule has 0 bridgehead atoms. The van der Waals surface area contributed by atoms with Crippen molar-refractivity contribution in [1.82, 2.24) is 5.32 Å². The first kappa shape index (κ1) is 18.5. The van der Waals surface area contributed by atoms with Gasteiger partial charge in [-0.3, -0.25) is 19.5 Å². The first-order valence-corrected chi connectivity index (χ1v) is 9.71. The maximum absolute atomic E-state index is 13.0. The quantitative estimate of drug-likeness (QED) is 0.365. The summed E-state index contributed by atoms with van der Waals surface area (Å²) in [5, 5.41) is 4.64. The van der Waals surface area contributed by atoms with Crippen molar-refractivity contribution in [2.24, 2.45) is 10.9 Å². The van der Waals surface area contributed by atoms with Gasteiger partial charge in [0.25, 0.3) is 5.91 Å². The number of hydrogen-bond acceptors (Lipinski definition) is 4. The second-order valence-electron chi connectivity index (χ2n) is 6.20. The summed E-state index contributed by atoms with van der Waals surface area (Å²) < 4.78 is 0.879. The smallest absolute Gasteiger partial charge is 0.251 e. The monoisotopic (exact) mass is 451 g/mol. The highest BCUT2D eigenvalue weighted by Gasteiger charge is 2.38. The molecule has 5 nitrogen and oxygen atoms in total. The molecule has 1 aliphatic heterocycles. The van der Waals surface area contributed by atoms with Crippen molar-refractivity contribution in [2.75, 3.05) is 4.90 Å². The summed E-state index contributed by atoms with van der Waals surface area (Å²) in [4.78, 5) is 31.1. The zero-order valence-electron chi connectivity index (χ0n) is 14.5. The van der Waals surface area contributed by atoms with E-state index in [9.17, 15) is 9.59 Å². The molecule has 0 radical (unpaired) electrons. The Kier molecular flexibility index (Phi) is 5.02. The number of rotatable bonds is 3. The van der Waals surface area contributed by atoms with Gasteiger partial charge in [0.1, 0.15) is 0 Å². The molecule has 1 fully saturated rings. The molecule has 2 amide bonds. The van der Waals surface area contributed by atoms with Crippen LogP contribution in [0.15, 0.2) is 76.2 Å². The normalized spacial score (nSPS) is 17.4. The lowest BCUT2D eigenvalue weighted by atomic mass is 10.1. The van der Waals surface area contributed by atoms with Gasteiger partial charge in [0.15, 0.2) is 11.0 Å². The third-order valence-electron chi connectivity index (χ3n) is 4.42. The number of aliphatic imine (C=N–C) groups is 1. The topological polar surface area (TPSA) is 61.8 Å². The van der Waals surface area contributed by atoms with Crippen molar-refractivity contribution in [3.05, 3.63) is 71.2 Å². The minimum atomic E-state index is -1.06. The molecule has 1 aliphatic rings. The van der Waals surface area contributed by atoms with Gasteiger partial charge in [0.05, 0.1) is 11.4 Å². The van der Waals surface area contributed by atoms with Crippen LogP contribution in [0.25, 0.3) is 10.8 Å². The van der Waals surface area contributed by atoms with Crippen LogP contribution in [0.2, 0.25) is 0 Å². The fourth-order valence-corrected chi connectivity index (χ4v) is 3.59. The van der Waals surface area contributed by atoms with Crippen LogP contribution in [0.3, 0.4) is 0 Å². The zero-order chi connectivity index (χ0) is 19.7. The van der Waals surface area contributed by atoms with Crippen LogP contribution in [-0.4, -0.2) is 23.1 Å². The Balaban J connectivity index is 1.67. The van der Waals surface area contributed by atoms with Crippen LogP contribution in [0.5, 0.6) is 0 Å². The van der Waals surface area contributed by atoms with Gasteiger partial charge in [-0.25, -0.2) is 0 Å². The van der Waals surface area contributed by atoms with E-state index in [-0.39, 0.29) is 5.11 Å². The van der Waals surface area contributed by atoms with Crippen molar-refractivity contribution in [1.29, 1.82) is 0 Å². The number of nitrogens with zero attached hydrogens (tertiary/aromatic N) is 2. The van der Waals surface area contributed by atoms with E-state index < -0.39 is 17.7 Å². The average Bonchev–Trinajstić information content (AvgIpc) is 2.69. The molecule has 0 aromatic heterocycles. The van der Waals surface area contributed by atoms with Gasteiger partial charge in [0, 0.05) is 16.1 Å². The molecule has 4 rings (SSSR count). The van der Waals surface area contributed by atoms with Crippen LogP contribution >= 0.6 is 28.1 Å². The van der Waals surface area contributed by atoms with E-state index in [1.807, 2.05) is 42.5 Å². The van der Waals surface area contributed by atoms with Crippen molar-refractivity contribution >= 4 is 73.4 Å². The highest BCUT2D eigenvalue weighted by molar-refractivity contribution is 9.10. The van der Waals surface area contributed by atoms with Crippen LogP contribution < -0.4 is 10.2 Å². The molecule has 1 heterocycles. The number of nitrogens with one attached hydrogen (secondary N) is 1. The number of carbonyl (C=O) groups is 2. The highest BCUT2D eigenvalue weighted by Crippen LogP contribution is 2.27. The predicted octanol–water partition coefficient (Wildman–Crippen LogP) is 4.37. The van der Waals surface area contributed by atoms with Gasteiger partial charge in [-0.2, -0.15) is 0 Å². The van der Waals surface area contributed by atoms with Gasteiger partial charge in [-0.05, 0) is 47.9 Å². The molecule has 0 unspecified atom stereocenters. The Morgan fingerprint density at radius 2 is 1.71 bits per heavy atom. The fourth-order valence-electron chi connectivity index (χ4n) is 3.03. The number of hydrogen-bond donors (Lipinski definition) is 1. The SMILES string of the molecule is O=C1NC(=S)N(c2ccc(Br)cc2)C(=O)[C@H]1C=Nc1cccc2ccccc12. The Bertz CT molecular complexity index is 1120. The zero-order valence-corrected chi connectivity index (χ0v) is 16.9. The van der Waals surface area contributed by atoms with Crippen molar-refractivity contribution in [2.45, 2.75) is 0 Å². The summed E-state index contributed by atoms with van der Waals surface area (Å²) in [6.45, 7) is 0. The van der Waals surface area contributed by atoms with Crippen LogP contribution in [0, 0.1) is 5.92 Å². The number of amides is 2. The number of anilines is 1. The van der Waals surface area contributed by atoms with Gasteiger partial charge >= 0.3 is 0 Å². The van der Waals surface area contributed by atoms with Crippen LogP contribution in [-0.2, 0) is 9.59 Å². The summed E-state index contributed by atoms with van der Waals surface area (Å²) in [5.41, 5.74) is 1.28. The van der Waals surface area contributed by atoms with Gasteiger partial charge < -0.3 is 5.32 Å². The molecular weight excluding hydrogens is 438 g/mol. The summed E-state index contributed by atoms with van der Waals surface area (Å²) in [6, 6.07) is 20.7. The second-order valence-corrected chi connectivity index (χ2v) is 7.50. The third-order valence-corrected chi connectivity index (χ3v) is 5.23. The van der Waals surface area contributed by atoms with Crippen molar-refractivity contribution in [3.8, 4) is 0 Å². The lowest BCUT2D eigenvalue weighted by Gasteiger charge is -2.30. The predicted molar refractivity (Wildman–Crippen MR) is 118 cm³/mol. The maximum atomic E-state index is 13.0. The number of halogens is 1. The standard InChI is InChI=1S/C21H14BrN3O2S/c22-14-8-10-15(11-9-14)25-20(27)17(19(26)24-21(25)28)12-23-18-7-3-5-13-4-1-2-6-16(13)18/h1-12,17H,(H,24,26,28)/t17-/m0/s1. The largest absolute Gasteiger partial charge is 0.301 e. The van der Waals surface area contributed by atoms with E-state index in [1.165, 1.54) is 11.1 Å². The first-order chi connectivity index (χ1) is 13.5. The number of thiocarbonyl (C=S) groups is 1. The lowest BCUT2D eigenvalue weighted by molar-refractivity contribution is -0.130. The van der Waals surface area contributed by atoms with Crippen LogP contribution in [0.4, 0.5) is 11.4 Å². The summed E-state index contributed by atoms with van der Waals surface area (Å²) in [5.74, 6) is -1.97. The van der Waals surface area contributed by atoms with E-state index in [4.69, 9.17) is 12.2 Å². The third kappa shape index (κ3) is 3.46. The molecule has 1 atom stereocenters. The Hall–Kier alpha value is -2.90. The second kappa shape index (κ2) is 7.61. The molecule has 138 valence electrons. The van der Waals surface area contributed by atoms with Gasteiger partial charge in [-0.1, -0.05) is 52.3 Å². The average molecular weight is 452 g/mol. The Morgan fingerprint density at radius 1 is 1.00 bits per heavy atom. The molecule has 3 aromatic carbocycles. The summed E-state index contributed by atoms with van der Waals surface area (Å²) in [6.07, 6.45) is 1.38. The molecule has 28 heavy (non-hydrogen) atoms. The first-order valence-electron chi connectivity index (χ1n) is 8.51. The van der Waals surface area contributed by atoms with Gasteiger partial charge in [0.2, 0.25) is 5.91 Å². The molecule has 0 saturated carbocycles. The number of fused-ring (bicyclic) bond motifs is 1. The Labute approximate surface area is 175 Å². The molecule has 1 N–H and O–H groups in total. The number of carbonyl (C=O) groups excluding carboxylic acids is 2. The van der Waals surface area contributed by atoms with Gasteiger partial charge in [-0.15, -0.1) is 0 Å². The molecular formula is C21H14BrN3O2S. The summed E-state index contributed by atoms with van der Waals surface area (Å²) >= 11 is 8.57. The highest BCUT2D eigenvalue weighted by atomic mass is 79.9. The van der Waals surface area contributed by atoms with Crippen LogP contribution in [0.1, 0.15) is 0 Å². The Morgan fingerprint density at radius 3 is 2.50 bits per heavy atom. The van der Waals surface area contributed by atoms with E-state index in [1.54, 1.807) is 24.3 Å². The molecule has 0 aliphatic carbocycles. The summed E-state index contributed by atoms with van der Waals surface area (Å²) in [7, 11) is 0. The maximum Gasteiger partial charge on any atom is 0.251 e. The number of benzene rings is 3. The molecule has 3 aromatic rings. The van der Waals surface area contributed by atoms with E-state index in [2.05, 4.69) is 26.2 Å². The lowest BCUT2D eigenvalue weighted by Crippen LogP contribution is -2.58. The van der Waals surface area contributed by atoms with E-state index >= 15 is 0 Å². The van der Waals surface area contributed by atoms with Crippen molar-refractivity contribution < 1.29 is 9.59 Å². The molecule has 0 spiro atoms. The fraction of sp³-hybridized carbons (Fsp3) is 0.0476. The van der Waals surface area contributed by atoms with E-state index in [0.29, 0.717) is 11.4 Å². The molecule has 7 heteroatoms. The molecule has 1 saturated heterocycles. The van der Waals surface area contributed by atoms with Crippen molar-refractivity contribution in [3.63, 3.8) is 0 Å². The van der Waals surface area contributed by atoms with E-state index in [0.717, 1.165) is 15.2 Å².